The molecule has 0 aliphatic heterocycles. The van der Waals surface area contributed by atoms with Crippen LogP contribution in [-0.2, 0) is 6.42 Å². The lowest BCUT2D eigenvalue weighted by Gasteiger charge is -2.05. The van der Waals surface area contributed by atoms with E-state index in [1.807, 2.05) is 30.3 Å². The lowest BCUT2D eigenvalue weighted by Crippen LogP contribution is -2.11. The second kappa shape index (κ2) is 7.80. The molecule has 128 valence electrons. The minimum atomic E-state index is -2.90. The highest BCUT2D eigenvalue weighted by Crippen LogP contribution is 2.20. The van der Waals surface area contributed by atoms with Crippen LogP contribution in [0.5, 0.6) is 5.75 Å². The number of nitrogens with zero attached hydrogens (tertiary/aromatic N) is 2. The van der Waals surface area contributed by atoms with Crippen molar-refractivity contribution in [1.29, 1.82) is 0 Å². The average Bonchev–Trinajstić information content (AvgIpc) is 3.02. The number of carbonyl (C=O) groups is 1. The molecule has 0 spiro atoms. The standard InChI is InChI=1S/C17H13F2N3O2S/c18-16(19)24-13-8-6-12(7-9-13)15(23)20-17-22-21-14(25-17)10-11-4-2-1-3-5-11/h1-9,16H,10H2,(H,20,22,23). The Kier molecular flexibility index (Phi) is 5.30. The third-order valence-electron chi connectivity index (χ3n) is 3.23. The van der Waals surface area contributed by atoms with Gasteiger partial charge in [0.15, 0.2) is 0 Å². The van der Waals surface area contributed by atoms with E-state index in [9.17, 15) is 13.6 Å². The van der Waals surface area contributed by atoms with E-state index in [2.05, 4.69) is 20.3 Å². The third kappa shape index (κ3) is 4.80. The van der Waals surface area contributed by atoms with Crippen molar-refractivity contribution in [3.05, 3.63) is 70.7 Å². The first kappa shape index (κ1) is 17.0. The van der Waals surface area contributed by atoms with Crippen molar-refractivity contribution in [3.8, 4) is 5.75 Å². The van der Waals surface area contributed by atoms with Crippen LogP contribution in [0.3, 0.4) is 0 Å². The average molecular weight is 361 g/mol. The summed E-state index contributed by atoms with van der Waals surface area (Å²) in [7, 11) is 0. The van der Waals surface area contributed by atoms with Gasteiger partial charge in [0, 0.05) is 12.0 Å². The van der Waals surface area contributed by atoms with Crippen LogP contribution in [0.1, 0.15) is 20.9 Å². The van der Waals surface area contributed by atoms with Crippen LogP contribution in [0, 0.1) is 0 Å². The van der Waals surface area contributed by atoms with Crippen molar-refractivity contribution in [1.82, 2.24) is 10.2 Å². The zero-order valence-electron chi connectivity index (χ0n) is 12.9. The van der Waals surface area contributed by atoms with Gasteiger partial charge < -0.3 is 4.74 Å². The molecule has 3 rings (SSSR count). The van der Waals surface area contributed by atoms with Gasteiger partial charge in [-0.25, -0.2) is 0 Å². The molecule has 3 aromatic rings. The van der Waals surface area contributed by atoms with Crippen LogP contribution in [0.4, 0.5) is 13.9 Å². The van der Waals surface area contributed by atoms with E-state index < -0.39 is 12.5 Å². The van der Waals surface area contributed by atoms with Crippen molar-refractivity contribution in [3.63, 3.8) is 0 Å². The van der Waals surface area contributed by atoms with Gasteiger partial charge in [-0.05, 0) is 29.8 Å². The van der Waals surface area contributed by atoms with Crippen LogP contribution in [-0.4, -0.2) is 22.7 Å². The summed E-state index contributed by atoms with van der Waals surface area (Å²) in [5, 5.41) is 11.8. The summed E-state index contributed by atoms with van der Waals surface area (Å²) in [4.78, 5) is 12.2. The molecule has 0 aliphatic rings. The van der Waals surface area contributed by atoms with Crippen molar-refractivity contribution >= 4 is 22.4 Å². The maximum Gasteiger partial charge on any atom is 0.387 e. The van der Waals surface area contributed by atoms with Crippen LogP contribution < -0.4 is 10.1 Å². The number of alkyl halides is 2. The summed E-state index contributed by atoms with van der Waals surface area (Å²) in [5.41, 5.74) is 1.41. The number of ether oxygens (including phenoxy) is 1. The van der Waals surface area contributed by atoms with E-state index >= 15 is 0 Å². The number of nitrogens with one attached hydrogen (secondary N) is 1. The van der Waals surface area contributed by atoms with E-state index in [1.54, 1.807) is 0 Å². The van der Waals surface area contributed by atoms with Crippen LogP contribution >= 0.6 is 11.3 Å². The number of rotatable bonds is 6. The highest BCUT2D eigenvalue weighted by molar-refractivity contribution is 7.15. The first-order valence-corrected chi connectivity index (χ1v) is 8.14. The molecule has 8 heteroatoms. The zero-order valence-corrected chi connectivity index (χ0v) is 13.7. The summed E-state index contributed by atoms with van der Waals surface area (Å²) < 4.78 is 28.5. The number of hydrogen-bond acceptors (Lipinski definition) is 5. The van der Waals surface area contributed by atoms with E-state index in [-0.39, 0.29) is 5.75 Å². The molecule has 0 unspecified atom stereocenters. The van der Waals surface area contributed by atoms with Crippen molar-refractivity contribution in [2.45, 2.75) is 13.0 Å². The van der Waals surface area contributed by atoms with Gasteiger partial charge >= 0.3 is 6.61 Å². The Hall–Kier alpha value is -2.87. The minimum Gasteiger partial charge on any atom is -0.435 e. The van der Waals surface area contributed by atoms with Gasteiger partial charge in [0.2, 0.25) is 5.13 Å². The SMILES string of the molecule is O=C(Nc1nnc(Cc2ccccc2)s1)c1ccc(OC(F)F)cc1. The normalized spacial score (nSPS) is 10.7. The van der Waals surface area contributed by atoms with E-state index in [0.29, 0.717) is 17.1 Å². The second-order valence-electron chi connectivity index (χ2n) is 5.02. The Balaban J connectivity index is 1.61. The Morgan fingerprint density at radius 1 is 1.08 bits per heavy atom. The fraction of sp³-hybridized carbons (Fsp3) is 0.118. The molecule has 0 radical (unpaired) electrons. The molecule has 1 aromatic heterocycles. The lowest BCUT2D eigenvalue weighted by atomic mass is 10.2. The highest BCUT2D eigenvalue weighted by Gasteiger charge is 2.11. The number of halogens is 2. The summed E-state index contributed by atoms with van der Waals surface area (Å²) in [6.07, 6.45) is 0.633. The van der Waals surface area contributed by atoms with Gasteiger partial charge in [0.1, 0.15) is 10.8 Å². The molecule has 1 amide bonds. The van der Waals surface area contributed by atoms with E-state index in [4.69, 9.17) is 0 Å². The fourth-order valence-corrected chi connectivity index (χ4v) is 2.87. The van der Waals surface area contributed by atoms with Gasteiger partial charge in [0.25, 0.3) is 5.91 Å². The highest BCUT2D eigenvalue weighted by atomic mass is 32.1. The molecule has 2 aromatic carbocycles. The largest absolute Gasteiger partial charge is 0.435 e. The zero-order chi connectivity index (χ0) is 17.6. The van der Waals surface area contributed by atoms with E-state index in [1.165, 1.54) is 35.6 Å². The van der Waals surface area contributed by atoms with Crippen LogP contribution in [0.2, 0.25) is 0 Å². The van der Waals surface area contributed by atoms with Crippen LogP contribution in [0.15, 0.2) is 54.6 Å². The van der Waals surface area contributed by atoms with Crippen molar-refractivity contribution in [2.24, 2.45) is 0 Å². The maximum absolute atomic E-state index is 12.2. The van der Waals surface area contributed by atoms with Crippen molar-refractivity contribution < 1.29 is 18.3 Å². The summed E-state index contributed by atoms with van der Waals surface area (Å²) in [6, 6.07) is 15.2. The number of benzene rings is 2. The smallest absolute Gasteiger partial charge is 0.387 e. The van der Waals surface area contributed by atoms with Gasteiger partial charge in [-0.3, -0.25) is 10.1 Å². The predicted molar refractivity (Wildman–Crippen MR) is 90.2 cm³/mol. The molecular formula is C17H13F2N3O2S. The van der Waals surface area contributed by atoms with Crippen molar-refractivity contribution in [2.75, 3.05) is 5.32 Å². The number of carbonyl (C=O) groups excluding carboxylic acids is 1. The molecule has 0 saturated heterocycles. The Morgan fingerprint density at radius 3 is 2.48 bits per heavy atom. The molecule has 1 heterocycles. The Labute approximate surface area is 146 Å². The molecule has 0 bridgehead atoms. The summed E-state index contributed by atoms with van der Waals surface area (Å²) >= 11 is 1.28. The maximum atomic E-state index is 12.2. The first-order chi connectivity index (χ1) is 12.1. The van der Waals surface area contributed by atoms with Gasteiger partial charge in [-0.15, -0.1) is 10.2 Å². The molecule has 0 aliphatic carbocycles. The number of anilines is 1. The summed E-state index contributed by atoms with van der Waals surface area (Å²) in [6.45, 7) is -2.90. The Bertz CT molecular complexity index is 839. The number of aromatic nitrogens is 2. The molecule has 0 fully saturated rings. The lowest BCUT2D eigenvalue weighted by molar-refractivity contribution is -0.0498. The molecule has 0 atom stereocenters. The predicted octanol–water partition coefficient (Wildman–Crippen LogP) is 3.98. The third-order valence-corrected chi connectivity index (χ3v) is 4.07. The monoisotopic (exact) mass is 361 g/mol. The summed E-state index contributed by atoms with van der Waals surface area (Å²) in [5.74, 6) is -0.404. The van der Waals surface area contributed by atoms with E-state index in [0.717, 1.165) is 10.6 Å². The van der Waals surface area contributed by atoms with Gasteiger partial charge in [0.05, 0.1) is 0 Å². The molecule has 25 heavy (non-hydrogen) atoms. The number of hydrogen-bond donors (Lipinski definition) is 1. The number of amides is 1. The van der Waals surface area contributed by atoms with Gasteiger partial charge in [-0.1, -0.05) is 41.7 Å². The quantitative estimate of drug-likeness (QED) is 0.721. The van der Waals surface area contributed by atoms with Gasteiger partial charge in [-0.2, -0.15) is 8.78 Å². The van der Waals surface area contributed by atoms with Crippen LogP contribution in [0.25, 0.3) is 0 Å². The molecule has 0 saturated carbocycles. The molecule has 1 N–H and O–H groups in total. The Morgan fingerprint density at radius 2 is 1.80 bits per heavy atom. The first-order valence-electron chi connectivity index (χ1n) is 7.33. The topological polar surface area (TPSA) is 64.1 Å². The second-order valence-corrected chi connectivity index (χ2v) is 6.08. The fourth-order valence-electron chi connectivity index (χ4n) is 2.10. The molecule has 5 nitrogen and oxygen atoms in total. The minimum absolute atomic E-state index is 0.00684. The molecular weight excluding hydrogens is 348 g/mol.